The smallest absolute Gasteiger partial charge is 0.324 e. The van der Waals surface area contributed by atoms with Crippen molar-refractivity contribution in [1.82, 2.24) is 24.7 Å². The number of benzene rings is 1. The van der Waals surface area contributed by atoms with Crippen molar-refractivity contribution in [3.05, 3.63) is 54.0 Å². The second-order valence-electron chi connectivity index (χ2n) is 9.06. The number of nitrogens with zero attached hydrogens (tertiary/aromatic N) is 6. The van der Waals surface area contributed by atoms with Gasteiger partial charge in [-0.05, 0) is 43.2 Å². The van der Waals surface area contributed by atoms with E-state index in [2.05, 4.69) is 30.6 Å². The molecule has 3 aromatic heterocycles. The van der Waals surface area contributed by atoms with Crippen LogP contribution in [0.15, 0.2) is 45.9 Å². The molecular weight excluding hydrogens is 473 g/mol. The predicted octanol–water partition coefficient (Wildman–Crippen LogP) is 3.91. The lowest BCUT2D eigenvalue weighted by atomic mass is 9.96. The Morgan fingerprint density at radius 1 is 1.14 bits per heavy atom. The van der Waals surface area contributed by atoms with Gasteiger partial charge in [0.1, 0.15) is 11.6 Å². The second-order valence-corrected chi connectivity index (χ2v) is 11.1. The number of anilines is 3. The van der Waals surface area contributed by atoms with Gasteiger partial charge in [0.25, 0.3) is 0 Å². The molecule has 4 aromatic rings. The standard InChI is InChI=1S/C23H26FN7O3S/c1-14(2)20-26-23(34-29-20)30-11-8-15(9-12-30)21-27-28-22-19(5-4-10-31(21)22)25-18-7-6-16(13-17(18)24)35(3,32)33/h4-7,10,13-15,25H,8-9,11-12H2,1-3H3. The topological polar surface area (TPSA) is 119 Å². The lowest BCUT2D eigenvalue weighted by Crippen LogP contribution is -2.33. The number of fused-ring (bicyclic) bond motifs is 1. The first-order chi connectivity index (χ1) is 16.7. The van der Waals surface area contributed by atoms with E-state index < -0.39 is 15.7 Å². The third-order valence-corrected chi connectivity index (χ3v) is 7.29. The van der Waals surface area contributed by atoms with Crippen LogP contribution in [0.2, 0.25) is 0 Å². The van der Waals surface area contributed by atoms with Gasteiger partial charge in [0.15, 0.2) is 21.3 Å². The normalized spacial score (nSPS) is 15.3. The molecule has 10 nitrogen and oxygen atoms in total. The van der Waals surface area contributed by atoms with Crippen molar-refractivity contribution >= 4 is 32.9 Å². The average Bonchev–Trinajstić information content (AvgIpc) is 3.48. The Bertz CT molecular complexity index is 1470. The Kier molecular flexibility index (Phi) is 5.91. The van der Waals surface area contributed by atoms with Gasteiger partial charge in [-0.25, -0.2) is 12.8 Å². The number of hydrogen-bond acceptors (Lipinski definition) is 9. The van der Waals surface area contributed by atoms with E-state index in [1.54, 1.807) is 6.07 Å². The fraction of sp³-hybridized carbons (Fsp3) is 0.391. The van der Waals surface area contributed by atoms with E-state index >= 15 is 0 Å². The Hall–Kier alpha value is -3.54. The van der Waals surface area contributed by atoms with Gasteiger partial charge >= 0.3 is 6.01 Å². The van der Waals surface area contributed by atoms with Gasteiger partial charge in [-0.3, -0.25) is 4.40 Å². The Morgan fingerprint density at radius 3 is 2.57 bits per heavy atom. The van der Waals surface area contributed by atoms with E-state index in [0.717, 1.165) is 44.1 Å². The number of pyridine rings is 1. The molecule has 0 amide bonds. The number of sulfone groups is 1. The van der Waals surface area contributed by atoms with E-state index in [9.17, 15) is 12.8 Å². The van der Waals surface area contributed by atoms with Crippen LogP contribution in [0.25, 0.3) is 5.65 Å². The quantitative estimate of drug-likeness (QED) is 0.421. The summed E-state index contributed by atoms with van der Waals surface area (Å²) in [6.07, 6.45) is 4.62. The number of rotatable bonds is 6. The molecule has 0 unspecified atom stereocenters. The highest BCUT2D eigenvalue weighted by molar-refractivity contribution is 7.90. The molecule has 184 valence electrons. The Balaban J connectivity index is 1.34. The van der Waals surface area contributed by atoms with Crippen LogP contribution in [0.1, 0.15) is 50.2 Å². The van der Waals surface area contributed by atoms with Gasteiger partial charge in [-0.2, -0.15) is 4.98 Å². The van der Waals surface area contributed by atoms with E-state index in [4.69, 9.17) is 4.52 Å². The summed E-state index contributed by atoms with van der Waals surface area (Å²) < 4.78 is 45.3. The monoisotopic (exact) mass is 499 g/mol. The zero-order chi connectivity index (χ0) is 24.7. The summed E-state index contributed by atoms with van der Waals surface area (Å²) in [5.41, 5.74) is 1.29. The third kappa shape index (κ3) is 4.57. The van der Waals surface area contributed by atoms with Crippen molar-refractivity contribution in [2.75, 3.05) is 29.6 Å². The van der Waals surface area contributed by atoms with Crippen LogP contribution in [0.3, 0.4) is 0 Å². The molecule has 1 saturated heterocycles. The first-order valence-electron chi connectivity index (χ1n) is 11.4. The molecule has 0 aliphatic carbocycles. The highest BCUT2D eigenvalue weighted by Gasteiger charge is 2.28. The largest absolute Gasteiger partial charge is 0.350 e. The maximum absolute atomic E-state index is 14.6. The summed E-state index contributed by atoms with van der Waals surface area (Å²) in [6, 6.07) is 7.96. The summed E-state index contributed by atoms with van der Waals surface area (Å²) in [4.78, 5) is 6.51. The van der Waals surface area contributed by atoms with Gasteiger partial charge in [0, 0.05) is 37.4 Å². The minimum Gasteiger partial charge on any atom is -0.350 e. The molecule has 4 heterocycles. The van der Waals surface area contributed by atoms with E-state index in [-0.39, 0.29) is 22.4 Å². The molecule has 1 fully saturated rings. The fourth-order valence-electron chi connectivity index (χ4n) is 4.20. The minimum atomic E-state index is -3.49. The molecule has 0 spiro atoms. The number of nitrogens with one attached hydrogen (secondary N) is 1. The molecule has 1 aliphatic rings. The van der Waals surface area contributed by atoms with Crippen molar-refractivity contribution in [2.45, 2.75) is 43.4 Å². The van der Waals surface area contributed by atoms with Gasteiger partial charge in [0.2, 0.25) is 0 Å². The van der Waals surface area contributed by atoms with Crippen molar-refractivity contribution < 1.29 is 17.3 Å². The molecule has 12 heteroatoms. The number of aromatic nitrogens is 5. The van der Waals surface area contributed by atoms with Crippen molar-refractivity contribution in [2.24, 2.45) is 0 Å². The Labute approximate surface area is 202 Å². The van der Waals surface area contributed by atoms with E-state index in [0.29, 0.717) is 23.2 Å². The van der Waals surface area contributed by atoms with Crippen LogP contribution >= 0.6 is 0 Å². The van der Waals surface area contributed by atoms with Gasteiger partial charge < -0.3 is 14.7 Å². The lowest BCUT2D eigenvalue weighted by molar-refractivity contribution is 0.384. The van der Waals surface area contributed by atoms with Gasteiger partial charge in [-0.15, -0.1) is 10.2 Å². The summed E-state index contributed by atoms with van der Waals surface area (Å²) in [7, 11) is -3.49. The van der Waals surface area contributed by atoms with Crippen LogP contribution in [0.4, 0.5) is 21.8 Å². The maximum Gasteiger partial charge on any atom is 0.324 e. The van der Waals surface area contributed by atoms with Gasteiger partial charge in [-0.1, -0.05) is 19.0 Å². The Morgan fingerprint density at radius 2 is 1.91 bits per heavy atom. The SMILES string of the molecule is CC(C)c1noc(N2CCC(c3nnc4c(Nc5ccc(S(C)(=O)=O)cc5F)cccn34)CC2)n1. The molecule has 5 rings (SSSR count). The zero-order valence-electron chi connectivity index (χ0n) is 19.6. The average molecular weight is 500 g/mol. The van der Waals surface area contributed by atoms with Crippen molar-refractivity contribution in [3.63, 3.8) is 0 Å². The molecule has 35 heavy (non-hydrogen) atoms. The summed E-state index contributed by atoms with van der Waals surface area (Å²) in [5.74, 6) is 1.28. The van der Waals surface area contributed by atoms with Crippen LogP contribution in [-0.2, 0) is 9.84 Å². The number of halogens is 1. The molecule has 0 atom stereocenters. The highest BCUT2D eigenvalue weighted by Crippen LogP contribution is 2.32. The van der Waals surface area contributed by atoms with Crippen molar-refractivity contribution in [1.29, 1.82) is 0 Å². The number of piperidine rings is 1. The molecule has 0 bridgehead atoms. The first kappa shape index (κ1) is 23.2. The molecule has 1 N–H and O–H groups in total. The third-order valence-electron chi connectivity index (χ3n) is 6.18. The zero-order valence-corrected chi connectivity index (χ0v) is 20.5. The maximum atomic E-state index is 14.6. The molecule has 1 aliphatic heterocycles. The fourth-order valence-corrected chi connectivity index (χ4v) is 4.83. The summed E-state index contributed by atoms with van der Waals surface area (Å²) >= 11 is 0. The molecule has 0 saturated carbocycles. The number of hydrogen-bond donors (Lipinski definition) is 1. The van der Waals surface area contributed by atoms with E-state index in [1.165, 1.54) is 12.1 Å². The summed E-state index contributed by atoms with van der Waals surface area (Å²) in [6.45, 7) is 5.57. The summed E-state index contributed by atoms with van der Waals surface area (Å²) in [5, 5.41) is 15.9. The molecular formula is C23H26FN7O3S. The van der Waals surface area contributed by atoms with Crippen LogP contribution in [0, 0.1) is 5.82 Å². The molecule has 1 aromatic carbocycles. The molecule has 0 radical (unpaired) electrons. The van der Waals surface area contributed by atoms with Gasteiger partial charge in [0.05, 0.1) is 16.3 Å². The van der Waals surface area contributed by atoms with Crippen LogP contribution in [-0.4, -0.2) is 52.5 Å². The lowest BCUT2D eigenvalue weighted by Gasteiger charge is -2.29. The van der Waals surface area contributed by atoms with E-state index in [1.807, 2.05) is 30.5 Å². The second kappa shape index (κ2) is 8.91. The highest BCUT2D eigenvalue weighted by atomic mass is 32.2. The minimum absolute atomic E-state index is 0.0733. The first-order valence-corrected chi connectivity index (χ1v) is 13.3. The van der Waals surface area contributed by atoms with Crippen LogP contribution in [0.5, 0.6) is 0 Å². The van der Waals surface area contributed by atoms with Crippen molar-refractivity contribution in [3.8, 4) is 0 Å². The predicted molar refractivity (Wildman–Crippen MR) is 128 cm³/mol. The van der Waals surface area contributed by atoms with Crippen LogP contribution < -0.4 is 10.2 Å².